The minimum Gasteiger partial charge on any atom is -0.459 e. The third-order valence-corrected chi connectivity index (χ3v) is 4.06. The summed E-state index contributed by atoms with van der Waals surface area (Å²) >= 11 is 0. The van der Waals surface area contributed by atoms with E-state index in [4.69, 9.17) is 19.2 Å². The first-order valence-electron chi connectivity index (χ1n) is 10.3. The van der Waals surface area contributed by atoms with Crippen molar-refractivity contribution in [2.75, 3.05) is 0 Å². The van der Waals surface area contributed by atoms with Crippen molar-refractivity contribution in [3.8, 4) is 0 Å². The molecule has 8 heteroatoms. The number of carbonyl (C=O) groups excluding carboxylic acids is 3. The Morgan fingerprint density at radius 3 is 2.00 bits per heavy atom. The van der Waals surface area contributed by atoms with Gasteiger partial charge in [-0.25, -0.2) is 14.4 Å². The highest BCUT2D eigenvalue weighted by Gasteiger charge is 2.26. The lowest BCUT2D eigenvalue weighted by atomic mass is 10.1. The van der Waals surface area contributed by atoms with Crippen LogP contribution in [0.1, 0.15) is 44.7 Å². The quantitative estimate of drug-likeness (QED) is 0.335. The maximum atomic E-state index is 12.6. The summed E-state index contributed by atoms with van der Waals surface area (Å²) in [6.45, 7) is 5.26. The zero-order chi connectivity index (χ0) is 23.4. The highest BCUT2D eigenvalue weighted by atomic mass is 17.2. The van der Waals surface area contributed by atoms with Crippen molar-refractivity contribution in [3.63, 3.8) is 0 Å². The van der Waals surface area contributed by atoms with Gasteiger partial charge < -0.3 is 14.8 Å². The minimum atomic E-state index is -1.09. The summed E-state index contributed by atoms with van der Waals surface area (Å²) in [4.78, 5) is 46.4. The molecule has 0 unspecified atom stereocenters. The third kappa shape index (κ3) is 10.1. The summed E-state index contributed by atoms with van der Waals surface area (Å²) in [5.41, 5.74) is 0.895. The summed E-state index contributed by atoms with van der Waals surface area (Å²) in [6, 6.07) is 17.2. The number of ether oxygens (including phenoxy) is 2. The number of nitrogens with one attached hydrogen (secondary N) is 1. The van der Waals surface area contributed by atoms with Crippen LogP contribution in [0.4, 0.5) is 4.79 Å². The summed E-state index contributed by atoms with van der Waals surface area (Å²) in [5.74, 6) is -1.36. The molecule has 2 rings (SSSR count). The maximum absolute atomic E-state index is 12.6. The lowest BCUT2D eigenvalue weighted by Gasteiger charge is -2.22. The van der Waals surface area contributed by atoms with E-state index in [1.807, 2.05) is 60.7 Å². The average Bonchev–Trinajstić information content (AvgIpc) is 2.75. The Bertz CT molecular complexity index is 863. The lowest BCUT2D eigenvalue weighted by Crippen LogP contribution is -2.44. The Kier molecular flexibility index (Phi) is 9.69. The molecule has 0 fully saturated rings. The van der Waals surface area contributed by atoms with Crippen LogP contribution in [-0.2, 0) is 42.1 Å². The molecule has 0 saturated carbocycles. The van der Waals surface area contributed by atoms with Gasteiger partial charge in [-0.15, -0.1) is 0 Å². The Morgan fingerprint density at radius 1 is 0.875 bits per heavy atom. The summed E-state index contributed by atoms with van der Waals surface area (Å²) < 4.78 is 10.5. The Balaban J connectivity index is 1.87. The molecule has 0 radical (unpaired) electrons. The fourth-order valence-corrected chi connectivity index (χ4v) is 2.57. The number of benzene rings is 2. The van der Waals surface area contributed by atoms with Gasteiger partial charge in [0.05, 0.1) is 6.42 Å². The Labute approximate surface area is 187 Å². The molecule has 0 aliphatic rings. The molecule has 1 amide bonds. The van der Waals surface area contributed by atoms with E-state index in [1.54, 1.807) is 20.8 Å². The molecular weight excluding hydrogens is 414 g/mol. The van der Waals surface area contributed by atoms with Gasteiger partial charge in [-0.2, -0.15) is 4.89 Å². The Hall–Kier alpha value is -3.39. The fraction of sp³-hybridized carbons (Fsp3) is 0.375. The molecule has 172 valence electrons. The molecule has 32 heavy (non-hydrogen) atoms. The van der Waals surface area contributed by atoms with Crippen LogP contribution in [0.25, 0.3) is 0 Å². The first-order valence-corrected chi connectivity index (χ1v) is 10.3. The molecule has 2 aromatic rings. The summed E-state index contributed by atoms with van der Waals surface area (Å²) in [6.07, 6.45) is -0.997. The zero-order valence-electron chi connectivity index (χ0n) is 18.5. The molecule has 0 aliphatic heterocycles. The van der Waals surface area contributed by atoms with Crippen LogP contribution in [0.3, 0.4) is 0 Å². The van der Waals surface area contributed by atoms with E-state index < -0.39 is 29.7 Å². The molecule has 0 bridgehead atoms. The normalized spacial score (nSPS) is 11.8. The van der Waals surface area contributed by atoms with E-state index in [-0.39, 0.29) is 26.1 Å². The molecule has 1 N–H and O–H groups in total. The number of carbonyl (C=O) groups is 3. The first-order chi connectivity index (χ1) is 15.2. The molecule has 0 saturated heterocycles. The predicted molar refractivity (Wildman–Crippen MR) is 116 cm³/mol. The molecule has 1 atom stereocenters. The third-order valence-electron chi connectivity index (χ3n) is 4.06. The van der Waals surface area contributed by atoms with Gasteiger partial charge in [-0.3, -0.25) is 4.89 Å². The fourth-order valence-electron chi connectivity index (χ4n) is 2.57. The Morgan fingerprint density at radius 2 is 1.44 bits per heavy atom. The monoisotopic (exact) mass is 443 g/mol. The van der Waals surface area contributed by atoms with Crippen LogP contribution in [-0.4, -0.2) is 29.7 Å². The van der Waals surface area contributed by atoms with Gasteiger partial charge in [0.15, 0.2) is 0 Å². The van der Waals surface area contributed by atoms with E-state index in [2.05, 4.69) is 5.32 Å². The van der Waals surface area contributed by atoms with Gasteiger partial charge in [0.2, 0.25) is 0 Å². The molecule has 8 nitrogen and oxygen atoms in total. The van der Waals surface area contributed by atoms with Crippen molar-refractivity contribution in [2.24, 2.45) is 0 Å². The molecular formula is C24H29NO7. The highest BCUT2D eigenvalue weighted by Crippen LogP contribution is 2.10. The standard InChI is InChI=1S/C24H29NO7/c1-24(2,3)31-23(28)25-20(22(27)29-16-18-10-6-4-7-11-18)14-15-21(26)32-30-17-19-12-8-5-9-13-19/h4-13,20H,14-17H2,1-3H3,(H,25,28)/t20-/m0/s1. The zero-order valence-corrected chi connectivity index (χ0v) is 18.5. The molecule has 0 aliphatic carbocycles. The van der Waals surface area contributed by atoms with Gasteiger partial charge >= 0.3 is 18.0 Å². The van der Waals surface area contributed by atoms with Crippen molar-refractivity contribution in [3.05, 3.63) is 71.8 Å². The van der Waals surface area contributed by atoms with Crippen LogP contribution in [0.2, 0.25) is 0 Å². The predicted octanol–water partition coefficient (Wildman–Crippen LogP) is 4.08. The second-order valence-electron chi connectivity index (χ2n) is 8.03. The van der Waals surface area contributed by atoms with Crippen LogP contribution in [0.15, 0.2) is 60.7 Å². The van der Waals surface area contributed by atoms with Crippen molar-refractivity contribution in [1.82, 2.24) is 5.32 Å². The molecule has 2 aromatic carbocycles. The lowest BCUT2D eigenvalue weighted by molar-refractivity contribution is -0.280. The van der Waals surface area contributed by atoms with Crippen LogP contribution in [0.5, 0.6) is 0 Å². The number of amides is 1. The molecule has 0 spiro atoms. The van der Waals surface area contributed by atoms with E-state index in [0.29, 0.717) is 0 Å². The van der Waals surface area contributed by atoms with E-state index in [0.717, 1.165) is 11.1 Å². The molecule has 0 heterocycles. The van der Waals surface area contributed by atoms with Crippen LogP contribution in [0, 0.1) is 0 Å². The smallest absolute Gasteiger partial charge is 0.408 e. The number of hydrogen-bond donors (Lipinski definition) is 1. The molecule has 0 aromatic heterocycles. The SMILES string of the molecule is CC(C)(C)OC(=O)N[C@@H](CCC(=O)OOCc1ccccc1)C(=O)OCc1ccccc1. The van der Waals surface area contributed by atoms with Gasteiger partial charge in [0.1, 0.15) is 24.9 Å². The van der Waals surface area contributed by atoms with Crippen molar-refractivity contribution in [2.45, 2.75) is 58.5 Å². The topological polar surface area (TPSA) is 100 Å². The van der Waals surface area contributed by atoms with Crippen LogP contribution < -0.4 is 5.32 Å². The van der Waals surface area contributed by atoms with Crippen molar-refractivity contribution >= 4 is 18.0 Å². The van der Waals surface area contributed by atoms with E-state index in [9.17, 15) is 14.4 Å². The van der Waals surface area contributed by atoms with Gasteiger partial charge in [-0.1, -0.05) is 60.7 Å². The minimum absolute atomic E-state index is 0.0385. The number of hydrogen-bond acceptors (Lipinski definition) is 7. The summed E-state index contributed by atoms with van der Waals surface area (Å²) in [5, 5.41) is 2.46. The average molecular weight is 443 g/mol. The highest BCUT2D eigenvalue weighted by molar-refractivity contribution is 5.82. The van der Waals surface area contributed by atoms with Gasteiger partial charge in [0.25, 0.3) is 0 Å². The van der Waals surface area contributed by atoms with Crippen molar-refractivity contribution in [1.29, 1.82) is 0 Å². The number of alkyl carbamates (subject to hydrolysis) is 1. The maximum Gasteiger partial charge on any atom is 0.408 e. The number of rotatable bonds is 10. The van der Waals surface area contributed by atoms with Gasteiger partial charge in [-0.05, 0) is 38.3 Å². The van der Waals surface area contributed by atoms with Gasteiger partial charge in [0, 0.05) is 0 Å². The number of esters is 1. The second kappa shape index (κ2) is 12.5. The largest absolute Gasteiger partial charge is 0.459 e. The summed E-state index contributed by atoms with van der Waals surface area (Å²) in [7, 11) is 0. The second-order valence-corrected chi connectivity index (χ2v) is 8.03. The van der Waals surface area contributed by atoms with E-state index in [1.165, 1.54) is 0 Å². The van der Waals surface area contributed by atoms with E-state index >= 15 is 0 Å². The van der Waals surface area contributed by atoms with Crippen molar-refractivity contribution < 1.29 is 33.6 Å². The van der Waals surface area contributed by atoms with Crippen LogP contribution >= 0.6 is 0 Å². The first kappa shape index (κ1) is 24.9.